The van der Waals surface area contributed by atoms with Crippen molar-refractivity contribution in [3.8, 4) is 0 Å². The second-order valence-corrected chi connectivity index (χ2v) is 7.77. The molecule has 0 fully saturated rings. The number of carboxylic acids is 1. The van der Waals surface area contributed by atoms with Gasteiger partial charge in [0.15, 0.2) is 5.60 Å². The van der Waals surface area contributed by atoms with Crippen molar-refractivity contribution in [2.75, 3.05) is 20.1 Å². The minimum Gasteiger partial charge on any atom is -0.479 e. The number of rotatable bonds is 7. The molecule has 0 aliphatic carbocycles. The molecular formula is C11H16N2O6S2. The van der Waals surface area contributed by atoms with Gasteiger partial charge in [0.05, 0.1) is 13.1 Å². The highest BCUT2D eigenvalue weighted by Crippen LogP contribution is 2.19. The first-order valence-corrected chi connectivity index (χ1v) is 8.11. The summed E-state index contributed by atoms with van der Waals surface area (Å²) in [5.41, 5.74) is -2.11. The molecule has 0 saturated heterocycles. The smallest absolute Gasteiger partial charge is 0.337 e. The number of hydrogen-bond acceptors (Lipinski definition) is 6. The molecule has 1 heterocycles. The van der Waals surface area contributed by atoms with Crippen molar-refractivity contribution in [3.63, 3.8) is 0 Å². The van der Waals surface area contributed by atoms with Gasteiger partial charge in [0.1, 0.15) is 4.21 Å². The summed E-state index contributed by atoms with van der Waals surface area (Å²) >= 11 is 1.03. The number of thiophene rings is 1. The second-order valence-electron chi connectivity index (χ2n) is 4.55. The molecule has 1 aromatic heterocycles. The topological polar surface area (TPSA) is 124 Å². The zero-order chi connectivity index (χ0) is 16.3. The Morgan fingerprint density at radius 3 is 2.57 bits per heavy atom. The molecule has 0 aliphatic rings. The average Bonchev–Trinajstić information content (AvgIpc) is 2.90. The van der Waals surface area contributed by atoms with E-state index >= 15 is 0 Å². The van der Waals surface area contributed by atoms with E-state index in [0.717, 1.165) is 22.6 Å². The molecule has 1 rings (SSSR count). The number of aliphatic carboxylic acids is 1. The van der Waals surface area contributed by atoms with Gasteiger partial charge in [0.25, 0.3) is 10.0 Å². The van der Waals surface area contributed by atoms with E-state index in [1.165, 1.54) is 13.1 Å². The van der Waals surface area contributed by atoms with Crippen LogP contribution in [0.25, 0.3) is 0 Å². The molecule has 8 nitrogen and oxygen atoms in total. The van der Waals surface area contributed by atoms with Gasteiger partial charge in [-0.3, -0.25) is 4.79 Å². The predicted octanol–water partition coefficient (Wildman–Crippen LogP) is -0.680. The standard InChI is InChI=1S/C11H16N2O6S2/c1-11(17,10(15)16)7-12-8(14)6-13(2)21(18,19)9-4-3-5-20-9/h3-5,17H,6-7H2,1-2H3,(H,12,14)(H,15,16). The number of carboxylic acid groups (broad SMARTS) is 1. The lowest BCUT2D eigenvalue weighted by Crippen LogP contribution is -2.48. The minimum atomic E-state index is -3.75. The molecule has 118 valence electrons. The van der Waals surface area contributed by atoms with E-state index in [-0.39, 0.29) is 4.21 Å². The second kappa shape index (κ2) is 6.52. The molecule has 0 aromatic carbocycles. The van der Waals surface area contributed by atoms with Crippen molar-refractivity contribution in [2.45, 2.75) is 16.7 Å². The molecule has 0 bridgehead atoms. The fraction of sp³-hybridized carbons (Fsp3) is 0.455. The van der Waals surface area contributed by atoms with E-state index < -0.39 is 40.6 Å². The number of hydrogen-bond donors (Lipinski definition) is 3. The molecular weight excluding hydrogens is 320 g/mol. The minimum absolute atomic E-state index is 0.107. The number of carbonyl (C=O) groups is 2. The summed E-state index contributed by atoms with van der Waals surface area (Å²) < 4.78 is 25.1. The van der Waals surface area contributed by atoms with Gasteiger partial charge in [-0.1, -0.05) is 6.07 Å². The Labute approximate surface area is 126 Å². The molecule has 10 heteroatoms. The van der Waals surface area contributed by atoms with Crippen LogP contribution in [0.3, 0.4) is 0 Å². The normalized spacial score (nSPS) is 14.7. The first kappa shape index (κ1) is 17.6. The van der Waals surface area contributed by atoms with Gasteiger partial charge in [-0.25, -0.2) is 13.2 Å². The molecule has 0 radical (unpaired) electrons. The number of aliphatic hydroxyl groups is 1. The van der Waals surface area contributed by atoms with Crippen LogP contribution in [0.2, 0.25) is 0 Å². The molecule has 1 atom stereocenters. The van der Waals surface area contributed by atoms with Gasteiger partial charge < -0.3 is 15.5 Å². The maximum Gasteiger partial charge on any atom is 0.337 e. The zero-order valence-electron chi connectivity index (χ0n) is 11.4. The quantitative estimate of drug-likeness (QED) is 0.606. The van der Waals surface area contributed by atoms with Crippen LogP contribution < -0.4 is 5.32 Å². The maximum absolute atomic E-state index is 12.1. The molecule has 0 aliphatic heterocycles. The fourth-order valence-electron chi connectivity index (χ4n) is 1.25. The number of carbonyl (C=O) groups excluding carboxylic acids is 1. The number of amides is 1. The van der Waals surface area contributed by atoms with Gasteiger partial charge in [0, 0.05) is 7.05 Å². The van der Waals surface area contributed by atoms with Gasteiger partial charge in [-0.05, 0) is 18.4 Å². The summed E-state index contributed by atoms with van der Waals surface area (Å²) in [4.78, 5) is 22.3. The summed E-state index contributed by atoms with van der Waals surface area (Å²) in [7, 11) is -2.51. The summed E-state index contributed by atoms with van der Waals surface area (Å²) in [5, 5.41) is 21.9. The van der Waals surface area contributed by atoms with E-state index in [9.17, 15) is 23.1 Å². The van der Waals surface area contributed by atoms with E-state index in [0.29, 0.717) is 0 Å². The monoisotopic (exact) mass is 336 g/mol. The first-order chi connectivity index (χ1) is 9.57. The Morgan fingerprint density at radius 2 is 2.10 bits per heavy atom. The van der Waals surface area contributed by atoms with Crippen LogP contribution in [0, 0.1) is 0 Å². The lowest BCUT2D eigenvalue weighted by molar-refractivity contribution is -0.156. The molecule has 0 saturated carbocycles. The molecule has 1 amide bonds. The van der Waals surface area contributed by atoms with Crippen LogP contribution >= 0.6 is 11.3 Å². The van der Waals surface area contributed by atoms with E-state index in [4.69, 9.17) is 5.11 Å². The summed E-state index contributed by atoms with van der Waals surface area (Å²) in [5.74, 6) is -2.19. The van der Waals surface area contributed by atoms with Crippen LogP contribution in [0.5, 0.6) is 0 Å². The third-order valence-electron chi connectivity index (χ3n) is 2.62. The zero-order valence-corrected chi connectivity index (χ0v) is 13.1. The highest BCUT2D eigenvalue weighted by molar-refractivity contribution is 7.91. The van der Waals surface area contributed by atoms with Crippen molar-refractivity contribution < 1.29 is 28.2 Å². The Morgan fingerprint density at radius 1 is 1.48 bits per heavy atom. The number of likely N-dealkylation sites (N-methyl/N-ethyl adjacent to an activating group) is 1. The maximum atomic E-state index is 12.1. The van der Waals surface area contributed by atoms with Crippen molar-refractivity contribution >= 4 is 33.2 Å². The number of sulfonamides is 1. The van der Waals surface area contributed by atoms with Crippen molar-refractivity contribution in [1.29, 1.82) is 0 Å². The third-order valence-corrected chi connectivity index (χ3v) is 5.79. The Kier molecular flexibility index (Phi) is 5.45. The van der Waals surface area contributed by atoms with Crippen LogP contribution in [0.4, 0.5) is 0 Å². The molecule has 21 heavy (non-hydrogen) atoms. The van der Waals surface area contributed by atoms with Crippen LogP contribution in [-0.4, -0.2) is 60.6 Å². The first-order valence-electron chi connectivity index (χ1n) is 5.79. The van der Waals surface area contributed by atoms with Crippen molar-refractivity contribution in [2.24, 2.45) is 0 Å². The SMILES string of the molecule is CN(CC(=O)NCC(C)(O)C(=O)O)S(=O)(=O)c1cccs1. The Balaban J connectivity index is 2.62. The predicted molar refractivity (Wildman–Crippen MR) is 75.4 cm³/mol. The van der Waals surface area contributed by atoms with Gasteiger partial charge in [-0.2, -0.15) is 4.31 Å². The number of nitrogens with one attached hydrogen (secondary N) is 1. The van der Waals surface area contributed by atoms with Crippen LogP contribution in [0.1, 0.15) is 6.92 Å². The summed E-state index contributed by atoms with van der Waals surface area (Å²) in [6.45, 7) is 0.0334. The molecule has 3 N–H and O–H groups in total. The van der Waals surface area contributed by atoms with E-state index in [1.54, 1.807) is 11.4 Å². The van der Waals surface area contributed by atoms with Crippen molar-refractivity contribution in [1.82, 2.24) is 9.62 Å². The number of nitrogens with zero attached hydrogens (tertiary/aromatic N) is 1. The lowest BCUT2D eigenvalue weighted by atomic mass is 10.1. The third kappa shape index (κ3) is 4.49. The Bertz CT molecular complexity index is 609. The highest BCUT2D eigenvalue weighted by Gasteiger charge is 2.31. The molecule has 1 aromatic rings. The molecule has 0 spiro atoms. The fourth-order valence-corrected chi connectivity index (χ4v) is 3.58. The average molecular weight is 336 g/mol. The van der Waals surface area contributed by atoms with Gasteiger partial charge in [0.2, 0.25) is 5.91 Å². The largest absolute Gasteiger partial charge is 0.479 e. The molecule has 1 unspecified atom stereocenters. The lowest BCUT2D eigenvalue weighted by Gasteiger charge is -2.20. The van der Waals surface area contributed by atoms with Gasteiger partial charge >= 0.3 is 5.97 Å². The van der Waals surface area contributed by atoms with Crippen molar-refractivity contribution in [3.05, 3.63) is 17.5 Å². The van der Waals surface area contributed by atoms with Crippen LogP contribution in [0.15, 0.2) is 21.7 Å². The van der Waals surface area contributed by atoms with Gasteiger partial charge in [-0.15, -0.1) is 11.3 Å². The Hall–Kier alpha value is -1.49. The summed E-state index contributed by atoms with van der Waals surface area (Å²) in [6, 6.07) is 3.00. The highest BCUT2D eigenvalue weighted by atomic mass is 32.2. The van der Waals surface area contributed by atoms with E-state index in [2.05, 4.69) is 5.32 Å². The summed E-state index contributed by atoms with van der Waals surface area (Å²) in [6.07, 6.45) is 0. The van der Waals surface area contributed by atoms with Crippen LogP contribution in [-0.2, 0) is 19.6 Å². The van der Waals surface area contributed by atoms with E-state index in [1.807, 2.05) is 0 Å².